The van der Waals surface area contributed by atoms with E-state index < -0.39 is 0 Å². The molecule has 0 spiro atoms. The summed E-state index contributed by atoms with van der Waals surface area (Å²) in [7, 11) is 0. The van der Waals surface area contributed by atoms with Crippen LogP contribution in [0.2, 0.25) is 0 Å². The molecule has 1 heteroatoms. The SMILES string of the molecule is CCCCCCCC[C@@H](CC)CSCCC. The van der Waals surface area contributed by atoms with Crippen LogP contribution < -0.4 is 0 Å². The minimum absolute atomic E-state index is 0.989. The molecule has 0 aromatic carbocycles. The van der Waals surface area contributed by atoms with E-state index in [0.717, 1.165) is 5.92 Å². The van der Waals surface area contributed by atoms with Gasteiger partial charge in [-0.05, 0) is 30.3 Å². The van der Waals surface area contributed by atoms with Crippen LogP contribution in [0.25, 0.3) is 0 Å². The summed E-state index contributed by atoms with van der Waals surface area (Å²) in [6, 6.07) is 0. The fourth-order valence-corrected chi connectivity index (χ4v) is 3.20. The van der Waals surface area contributed by atoms with Crippen molar-refractivity contribution < 1.29 is 0 Å². The van der Waals surface area contributed by atoms with Crippen molar-refractivity contribution in [1.29, 1.82) is 0 Å². The molecule has 0 aliphatic carbocycles. The molecule has 0 aromatic heterocycles. The highest BCUT2D eigenvalue weighted by Crippen LogP contribution is 2.20. The summed E-state index contributed by atoms with van der Waals surface area (Å²) in [5, 5.41) is 0. The molecular weight excluding hydrogens is 212 g/mol. The second-order valence-electron chi connectivity index (χ2n) is 4.91. The number of hydrogen-bond acceptors (Lipinski definition) is 1. The standard InChI is InChI=1S/C15H32S/c1-4-7-8-9-10-11-12-15(6-3)14-16-13-5-2/h15H,4-14H2,1-3H3/t15-/m1/s1. The minimum Gasteiger partial charge on any atom is -0.162 e. The highest BCUT2D eigenvalue weighted by atomic mass is 32.2. The van der Waals surface area contributed by atoms with Crippen molar-refractivity contribution in [2.45, 2.75) is 78.6 Å². The predicted molar refractivity (Wildman–Crippen MR) is 79.4 cm³/mol. The third kappa shape index (κ3) is 10.9. The van der Waals surface area contributed by atoms with Crippen molar-refractivity contribution in [3.05, 3.63) is 0 Å². The molecule has 0 N–H and O–H groups in total. The molecule has 0 nitrogen and oxygen atoms in total. The van der Waals surface area contributed by atoms with Gasteiger partial charge >= 0.3 is 0 Å². The van der Waals surface area contributed by atoms with E-state index in [1.165, 1.54) is 69.3 Å². The lowest BCUT2D eigenvalue weighted by Crippen LogP contribution is -2.02. The second kappa shape index (κ2) is 13.4. The molecule has 0 saturated carbocycles. The summed E-state index contributed by atoms with van der Waals surface area (Å²) in [6.45, 7) is 6.92. The normalized spacial score (nSPS) is 12.9. The van der Waals surface area contributed by atoms with E-state index in [1.807, 2.05) is 0 Å². The Hall–Kier alpha value is 0.350. The quantitative estimate of drug-likeness (QED) is 0.385. The van der Waals surface area contributed by atoms with E-state index in [4.69, 9.17) is 0 Å². The van der Waals surface area contributed by atoms with Crippen LogP contribution in [0.3, 0.4) is 0 Å². The lowest BCUT2D eigenvalue weighted by Gasteiger charge is -2.13. The van der Waals surface area contributed by atoms with E-state index in [0.29, 0.717) is 0 Å². The van der Waals surface area contributed by atoms with Gasteiger partial charge in [0.15, 0.2) is 0 Å². The van der Waals surface area contributed by atoms with Gasteiger partial charge < -0.3 is 0 Å². The monoisotopic (exact) mass is 244 g/mol. The zero-order valence-electron chi connectivity index (χ0n) is 11.8. The van der Waals surface area contributed by atoms with Crippen molar-refractivity contribution in [2.24, 2.45) is 5.92 Å². The summed E-state index contributed by atoms with van der Waals surface area (Å²) in [6.07, 6.45) is 12.8. The third-order valence-electron chi connectivity index (χ3n) is 3.25. The molecule has 0 aliphatic rings. The Morgan fingerprint density at radius 1 is 0.812 bits per heavy atom. The molecular formula is C15H32S. The van der Waals surface area contributed by atoms with Gasteiger partial charge in [-0.2, -0.15) is 11.8 Å². The maximum absolute atomic E-state index is 2.36. The first-order valence-electron chi connectivity index (χ1n) is 7.42. The first-order chi connectivity index (χ1) is 7.85. The van der Waals surface area contributed by atoms with Crippen LogP contribution in [-0.4, -0.2) is 11.5 Å². The Morgan fingerprint density at radius 3 is 2.12 bits per heavy atom. The van der Waals surface area contributed by atoms with Gasteiger partial charge in [-0.25, -0.2) is 0 Å². The highest BCUT2D eigenvalue weighted by molar-refractivity contribution is 7.99. The van der Waals surface area contributed by atoms with Gasteiger partial charge in [-0.15, -0.1) is 0 Å². The number of rotatable bonds is 12. The molecule has 16 heavy (non-hydrogen) atoms. The van der Waals surface area contributed by atoms with Crippen LogP contribution >= 0.6 is 11.8 Å². The van der Waals surface area contributed by atoms with Crippen LogP contribution in [0.1, 0.15) is 78.6 Å². The minimum atomic E-state index is 0.989. The first kappa shape index (κ1) is 16.4. The van der Waals surface area contributed by atoms with Crippen molar-refractivity contribution in [1.82, 2.24) is 0 Å². The van der Waals surface area contributed by atoms with E-state index in [1.54, 1.807) is 0 Å². The van der Waals surface area contributed by atoms with Crippen LogP contribution in [0.4, 0.5) is 0 Å². The average molecular weight is 244 g/mol. The molecule has 0 radical (unpaired) electrons. The van der Waals surface area contributed by atoms with Crippen LogP contribution in [0.15, 0.2) is 0 Å². The maximum Gasteiger partial charge on any atom is -0.00392 e. The highest BCUT2D eigenvalue weighted by Gasteiger charge is 2.05. The second-order valence-corrected chi connectivity index (χ2v) is 6.06. The van der Waals surface area contributed by atoms with Crippen molar-refractivity contribution in [3.8, 4) is 0 Å². The first-order valence-corrected chi connectivity index (χ1v) is 8.58. The molecule has 0 fully saturated rings. The van der Waals surface area contributed by atoms with Crippen LogP contribution in [-0.2, 0) is 0 Å². The van der Waals surface area contributed by atoms with Crippen molar-refractivity contribution >= 4 is 11.8 Å². The molecule has 0 bridgehead atoms. The van der Waals surface area contributed by atoms with Gasteiger partial charge in [-0.3, -0.25) is 0 Å². The number of unbranched alkanes of at least 4 members (excludes halogenated alkanes) is 5. The molecule has 0 unspecified atom stereocenters. The molecule has 0 heterocycles. The lowest BCUT2D eigenvalue weighted by molar-refractivity contribution is 0.478. The van der Waals surface area contributed by atoms with E-state index in [9.17, 15) is 0 Å². The molecule has 98 valence electrons. The van der Waals surface area contributed by atoms with Gasteiger partial charge in [0.2, 0.25) is 0 Å². The Balaban J connectivity index is 3.26. The van der Waals surface area contributed by atoms with E-state index in [-0.39, 0.29) is 0 Å². The zero-order valence-corrected chi connectivity index (χ0v) is 12.6. The topological polar surface area (TPSA) is 0 Å². The van der Waals surface area contributed by atoms with Crippen LogP contribution in [0.5, 0.6) is 0 Å². The fourth-order valence-electron chi connectivity index (χ4n) is 2.01. The van der Waals surface area contributed by atoms with Gasteiger partial charge in [-0.1, -0.05) is 65.7 Å². The van der Waals surface area contributed by atoms with Crippen LogP contribution in [0, 0.1) is 5.92 Å². The summed E-state index contributed by atoms with van der Waals surface area (Å²) in [4.78, 5) is 0. The Morgan fingerprint density at radius 2 is 1.50 bits per heavy atom. The van der Waals surface area contributed by atoms with Gasteiger partial charge in [0.1, 0.15) is 0 Å². The largest absolute Gasteiger partial charge is 0.162 e. The number of thioether (sulfide) groups is 1. The molecule has 0 aliphatic heterocycles. The van der Waals surface area contributed by atoms with E-state index >= 15 is 0 Å². The fraction of sp³-hybridized carbons (Fsp3) is 1.00. The Bertz CT molecular complexity index is 123. The van der Waals surface area contributed by atoms with Gasteiger partial charge in [0, 0.05) is 0 Å². The molecule has 0 aromatic rings. The van der Waals surface area contributed by atoms with Gasteiger partial charge in [0.25, 0.3) is 0 Å². The van der Waals surface area contributed by atoms with Gasteiger partial charge in [0.05, 0.1) is 0 Å². The molecule has 1 atom stereocenters. The molecule has 0 saturated heterocycles. The predicted octanol–water partition coefficient (Wildman–Crippen LogP) is 5.91. The van der Waals surface area contributed by atoms with Crippen molar-refractivity contribution in [3.63, 3.8) is 0 Å². The lowest BCUT2D eigenvalue weighted by atomic mass is 10.00. The Kier molecular flexibility index (Phi) is 13.7. The average Bonchev–Trinajstić information content (AvgIpc) is 2.31. The number of hydrogen-bond donors (Lipinski definition) is 0. The summed E-state index contributed by atoms with van der Waals surface area (Å²) in [5.41, 5.74) is 0. The summed E-state index contributed by atoms with van der Waals surface area (Å²) < 4.78 is 0. The van der Waals surface area contributed by atoms with E-state index in [2.05, 4.69) is 32.5 Å². The molecule has 0 rings (SSSR count). The van der Waals surface area contributed by atoms with Crippen molar-refractivity contribution in [2.75, 3.05) is 11.5 Å². The Labute approximate surface area is 108 Å². The third-order valence-corrected chi connectivity index (χ3v) is 4.65. The smallest absolute Gasteiger partial charge is 0.00392 e. The zero-order chi connectivity index (χ0) is 12.1. The maximum atomic E-state index is 2.36. The molecule has 0 amide bonds. The summed E-state index contributed by atoms with van der Waals surface area (Å²) in [5.74, 6) is 3.74. The summed E-state index contributed by atoms with van der Waals surface area (Å²) >= 11 is 2.16.